The average Bonchev–Trinajstić information content (AvgIpc) is 2.72. The third-order valence-electron chi connectivity index (χ3n) is 4.59. The van der Waals surface area contributed by atoms with Gasteiger partial charge >= 0.3 is 0 Å². The van der Waals surface area contributed by atoms with Crippen molar-refractivity contribution in [2.75, 3.05) is 10.6 Å². The number of halogens is 2. The highest BCUT2D eigenvalue weighted by Crippen LogP contribution is 2.26. The van der Waals surface area contributed by atoms with Crippen molar-refractivity contribution in [1.82, 2.24) is 0 Å². The quantitative estimate of drug-likeness (QED) is 0.358. The first-order valence-corrected chi connectivity index (χ1v) is 10.9. The molecule has 0 radical (unpaired) electrons. The molecule has 3 aromatic rings. The van der Waals surface area contributed by atoms with E-state index in [9.17, 15) is 4.79 Å². The summed E-state index contributed by atoms with van der Waals surface area (Å²) in [6, 6.07) is 20.8. The molecule has 0 aromatic heterocycles. The second-order valence-corrected chi connectivity index (χ2v) is 8.56. The van der Waals surface area contributed by atoms with Gasteiger partial charge in [-0.15, -0.1) is 0 Å². The van der Waals surface area contributed by atoms with Gasteiger partial charge in [0.2, 0.25) is 5.91 Å². The number of carbonyl (C=O) groups excluding carboxylic acids is 1. The van der Waals surface area contributed by atoms with E-state index < -0.39 is 0 Å². The predicted molar refractivity (Wildman–Crippen MR) is 129 cm³/mol. The summed E-state index contributed by atoms with van der Waals surface area (Å²) in [4.78, 5) is 12.0. The fraction of sp³-hybridized carbons (Fsp3) is 0.240. The Bertz CT molecular complexity index is 1040. The largest absolute Gasteiger partial charge is 0.488 e. The van der Waals surface area contributed by atoms with E-state index in [1.54, 1.807) is 6.07 Å². The molecule has 1 amide bonds. The van der Waals surface area contributed by atoms with Gasteiger partial charge in [0.25, 0.3) is 0 Å². The number of ether oxygens (including phenoxy) is 1. The number of benzene rings is 3. The van der Waals surface area contributed by atoms with Crippen LogP contribution in [0.1, 0.15) is 31.4 Å². The van der Waals surface area contributed by atoms with Crippen LogP contribution in [0.15, 0.2) is 66.7 Å². The Morgan fingerprint density at radius 3 is 2.48 bits per heavy atom. The highest BCUT2D eigenvalue weighted by atomic mass is 35.5. The molecular formula is C25H26Cl2N2O2. The summed E-state index contributed by atoms with van der Waals surface area (Å²) in [5.74, 6) is 1.06. The Morgan fingerprint density at radius 2 is 1.71 bits per heavy atom. The number of rotatable bonds is 9. The van der Waals surface area contributed by atoms with Crippen LogP contribution in [0.5, 0.6) is 5.75 Å². The second kappa shape index (κ2) is 11.1. The van der Waals surface area contributed by atoms with Gasteiger partial charge in [-0.05, 0) is 48.4 Å². The first-order chi connectivity index (χ1) is 14.9. The molecule has 6 heteroatoms. The summed E-state index contributed by atoms with van der Waals surface area (Å²) >= 11 is 12.4. The maximum absolute atomic E-state index is 12.0. The maximum atomic E-state index is 12.0. The molecule has 4 nitrogen and oxygen atoms in total. The lowest BCUT2D eigenvalue weighted by Gasteiger charge is -2.15. The fourth-order valence-corrected chi connectivity index (χ4v) is 3.47. The molecule has 0 unspecified atom stereocenters. The Kier molecular flexibility index (Phi) is 8.21. The summed E-state index contributed by atoms with van der Waals surface area (Å²) < 4.78 is 6.02. The summed E-state index contributed by atoms with van der Waals surface area (Å²) in [5, 5.41) is 7.62. The molecule has 3 rings (SSSR count). The molecule has 31 heavy (non-hydrogen) atoms. The molecule has 3 aromatic carbocycles. The molecule has 0 bridgehead atoms. The highest BCUT2D eigenvalue weighted by molar-refractivity contribution is 6.31. The number of amides is 1. The number of hydrogen-bond acceptors (Lipinski definition) is 3. The molecule has 0 heterocycles. The standard InChI is InChI=1S/C25H26Cl2N2O2/c1-17(2)12-25(30)29-22-8-5-7-21(14-22)28-15-19-13-20(26)10-11-24(19)31-16-18-6-3-4-9-23(18)27/h3-11,13-14,17,28H,12,15-16H2,1-2H3,(H,29,30). The average molecular weight is 457 g/mol. The molecule has 0 saturated carbocycles. The lowest BCUT2D eigenvalue weighted by molar-refractivity contribution is -0.116. The Morgan fingerprint density at radius 1 is 0.935 bits per heavy atom. The molecular weight excluding hydrogens is 431 g/mol. The van der Waals surface area contributed by atoms with E-state index in [4.69, 9.17) is 27.9 Å². The van der Waals surface area contributed by atoms with Crippen LogP contribution in [0.4, 0.5) is 11.4 Å². The topological polar surface area (TPSA) is 50.4 Å². The summed E-state index contributed by atoms with van der Waals surface area (Å²) in [6.45, 7) is 4.93. The summed E-state index contributed by atoms with van der Waals surface area (Å²) in [7, 11) is 0. The molecule has 162 valence electrons. The van der Waals surface area contributed by atoms with Crippen LogP contribution < -0.4 is 15.4 Å². The lowest BCUT2D eigenvalue weighted by atomic mass is 10.1. The first kappa shape index (κ1) is 23.0. The van der Waals surface area contributed by atoms with Gasteiger partial charge in [0.05, 0.1) is 0 Å². The predicted octanol–water partition coefficient (Wildman–Crippen LogP) is 7.17. The zero-order valence-electron chi connectivity index (χ0n) is 17.6. The van der Waals surface area contributed by atoms with E-state index in [-0.39, 0.29) is 5.91 Å². The molecule has 0 aliphatic carbocycles. The normalized spacial score (nSPS) is 10.7. The Hall–Kier alpha value is -2.69. The van der Waals surface area contributed by atoms with Gasteiger partial charge in [0.15, 0.2) is 0 Å². The van der Waals surface area contributed by atoms with Gasteiger partial charge in [-0.2, -0.15) is 0 Å². The minimum Gasteiger partial charge on any atom is -0.488 e. The molecule has 0 fully saturated rings. The minimum atomic E-state index is 0.0113. The molecule has 0 aliphatic heterocycles. The van der Waals surface area contributed by atoms with Crippen molar-refractivity contribution in [3.63, 3.8) is 0 Å². The van der Waals surface area contributed by atoms with Crippen LogP contribution in [0.3, 0.4) is 0 Å². The van der Waals surface area contributed by atoms with E-state index in [0.29, 0.717) is 35.5 Å². The van der Waals surface area contributed by atoms with Crippen molar-refractivity contribution in [1.29, 1.82) is 0 Å². The van der Waals surface area contributed by atoms with Gasteiger partial charge in [-0.1, -0.05) is 61.3 Å². The fourth-order valence-electron chi connectivity index (χ4n) is 3.08. The van der Waals surface area contributed by atoms with E-state index in [1.807, 2.05) is 74.5 Å². The summed E-state index contributed by atoms with van der Waals surface area (Å²) in [6.07, 6.45) is 0.492. The number of hydrogen-bond donors (Lipinski definition) is 2. The van der Waals surface area contributed by atoms with Crippen LogP contribution in [0.25, 0.3) is 0 Å². The van der Waals surface area contributed by atoms with Crippen LogP contribution in [0, 0.1) is 5.92 Å². The van der Waals surface area contributed by atoms with E-state index in [2.05, 4.69) is 10.6 Å². The van der Waals surface area contributed by atoms with Crippen LogP contribution >= 0.6 is 23.2 Å². The van der Waals surface area contributed by atoms with Crippen molar-refractivity contribution >= 4 is 40.5 Å². The third-order valence-corrected chi connectivity index (χ3v) is 5.19. The molecule has 0 spiro atoms. The smallest absolute Gasteiger partial charge is 0.224 e. The van der Waals surface area contributed by atoms with Crippen LogP contribution in [-0.4, -0.2) is 5.91 Å². The monoisotopic (exact) mass is 456 g/mol. The second-order valence-electron chi connectivity index (χ2n) is 7.71. The van der Waals surface area contributed by atoms with Crippen molar-refractivity contribution in [3.05, 3.63) is 87.9 Å². The van der Waals surface area contributed by atoms with Crippen molar-refractivity contribution in [2.24, 2.45) is 5.92 Å². The van der Waals surface area contributed by atoms with E-state index >= 15 is 0 Å². The highest BCUT2D eigenvalue weighted by Gasteiger charge is 2.09. The zero-order chi connectivity index (χ0) is 22.2. The number of carbonyl (C=O) groups is 1. The third kappa shape index (κ3) is 7.20. The molecule has 0 atom stereocenters. The van der Waals surface area contributed by atoms with Gasteiger partial charge in [0, 0.05) is 45.5 Å². The van der Waals surface area contributed by atoms with Gasteiger partial charge in [0.1, 0.15) is 12.4 Å². The summed E-state index contributed by atoms with van der Waals surface area (Å²) in [5.41, 5.74) is 3.49. The van der Waals surface area contributed by atoms with E-state index in [1.165, 1.54) is 0 Å². The Balaban J connectivity index is 1.66. The SMILES string of the molecule is CC(C)CC(=O)Nc1cccc(NCc2cc(Cl)ccc2OCc2ccccc2Cl)c1. The first-order valence-electron chi connectivity index (χ1n) is 10.2. The lowest BCUT2D eigenvalue weighted by Crippen LogP contribution is -2.14. The van der Waals surface area contributed by atoms with Crippen molar-refractivity contribution < 1.29 is 9.53 Å². The molecule has 0 aliphatic rings. The van der Waals surface area contributed by atoms with Crippen molar-refractivity contribution in [2.45, 2.75) is 33.4 Å². The minimum absolute atomic E-state index is 0.0113. The van der Waals surface area contributed by atoms with Crippen LogP contribution in [-0.2, 0) is 17.9 Å². The molecule has 0 saturated heterocycles. The van der Waals surface area contributed by atoms with Gasteiger partial charge < -0.3 is 15.4 Å². The molecule has 2 N–H and O–H groups in total. The van der Waals surface area contributed by atoms with Gasteiger partial charge in [-0.25, -0.2) is 0 Å². The maximum Gasteiger partial charge on any atom is 0.224 e. The van der Waals surface area contributed by atoms with Gasteiger partial charge in [-0.3, -0.25) is 4.79 Å². The Labute approximate surface area is 193 Å². The number of anilines is 2. The van der Waals surface area contributed by atoms with E-state index in [0.717, 1.165) is 28.3 Å². The van der Waals surface area contributed by atoms with Crippen LogP contribution in [0.2, 0.25) is 10.0 Å². The zero-order valence-corrected chi connectivity index (χ0v) is 19.1. The number of nitrogens with one attached hydrogen (secondary N) is 2. The van der Waals surface area contributed by atoms with Crippen molar-refractivity contribution in [3.8, 4) is 5.75 Å².